The van der Waals surface area contributed by atoms with Gasteiger partial charge in [-0.2, -0.15) is 0 Å². The van der Waals surface area contributed by atoms with Gasteiger partial charge in [0.1, 0.15) is 0 Å². The Morgan fingerprint density at radius 2 is 1.38 bits per heavy atom. The Morgan fingerprint density at radius 1 is 0.793 bits per heavy atom. The molecule has 0 aromatic heterocycles. The van der Waals surface area contributed by atoms with E-state index in [1.54, 1.807) is 60.7 Å². The number of carbonyl (C=O) groups is 3. The molecule has 1 atom stereocenters. The van der Waals surface area contributed by atoms with Crippen molar-refractivity contribution in [1.29, 1.82) is 0 Å². The Morgan fingerprint density at radius 3 is 1.97 bits per heavy atom. The van der Waals surface area contributed by atoms with E-state index in [9.17, 15) is 14.4 Å². The second kappa shape index (κ2) is 8.97. The highest BCUT2D eigenvalue weighted by atomic mass is 16.5. The predicted octanol–water partition coefficient (Wildman–Crippen LogP) is 4.73. The number of esters is 1. The minimum absolute atomic E-state index is 0.201. The number of nitrogens with one attached hydrogen (secondary N) is 1. The van der Waals surface area contributed by atoms with E-state index < -0.39 is 12.1 Å². The van der Waals surface area contributed by atoms with Crippen molar-refractivity contribution in [2.45, 2.75) is 20.0 Å². The Balaban J connectivity index is 1.85. The van der Waals surface area contributed by atoms with E-state index in [4.69, 9.17) is 4.74 Å². The lowest BCUT2D eigenvalue weighted by Gasteiger charge is -2.18. The molecule has 0 unspecified atom stereocenters. The van der Waals surface area contributed by atoms with Crippen molar-refractivity contribution in [1.82, 2.24) is 0 Å². The first-order chi connectivity index (χ1) is 13.9. The minimum atomic E-state index is -1.05. The van der Waals surface area contributed by atoms with Gasteiger partial charge in [-0.15, -0.1) is 0 Å². The SMILES string of the molecule is CC(=O)Nc1ccc(C(=O)O[C@H](C(=O)c2ccc(C)cc2)c2ccccc2)cc1. The molecule has 0 aliphatic heterocycles. The highest BCUT2D eigenvalue weighted by Crippen LogP contribution is 2.24. The second-order valence-corrected chi connectivity index (χ2v) is 6.68. The number of aryl methyl sites for hydroxylation is 1. The molecular formula is C24H21NO4. The van der Waals surface area contributed by atoms with Crippen molar-refractivity contribution in [3.05, 3.63) is 101 Å². The minimum Gasteiger partial charge on any atom is -0.445 e. The molecule has 0 aliphatic rings. The van der Waals surface area contributed by atoms with E-state index in [1.807, 2.05) is 25.1 Å². The van der Waals surface area contributed by atoms with Crippen molar-refractivity contribution >= 4 is 23.3 Å². The van der Waals surface area contributed by atoms with E-state index >= 15 is 0 Å². The zero-order valence-corrected chi connectivity index (χ0v) is 16.2. The van der Waals surface area contributed by atoms with Crippen LogP contribution in [0.2, 0.25) is 0 Å². The van der Waals surface area contributed by atoms with Gasteiger partial charge in [-0.05, 0) is 31.2 Å². The summed E-state index contributed by atoms with van der Waals surface area (Å²) in [6.45, 7) is 3.34. The van der Waals surface area contributed by atoms with Gasteiger partial charge >= 0.3 is 5.97 Å². The van der Waals surface area contributed by atoms with Crippen LogP contribution in [0.25, 0.3) is 0 Å². The number of ether oxygens (including phenoxy) is 1. The number of carbonyl (C=O) groups excluding carboxylic acids is 3. The first-order valence-corrected chi connectivity index (χ1v) is 9.18. The molecule has 3 rings (SSSR count). The lowest BCUT2D eigenvalue weighted by atomic mass is 9.99. The van der Waals surface area contributed by atoms with Crippen LogP contribution in [-0.2, 0) is 9.53 Å². The van der Waals surface area contributed by atoms with Gasteiger partial charge in [0.2, 0.25) is 11.7 Å². The Hall–Kier alpha value is -3.73. The fourth-order valence-corrected chi connectivity index (χ4v) is 2.84. The quantitative estimate of drug-likeness (QED) is 0.490. The number of anilines is 1. The van der Waals surface area contributed by atoms with Gasteiger partial charge in [-0.3, -0.25) is 9.59 Å². The fraction of sp³-hybridized carbons (Fsp3) is 0.125. The summed E-state index contributed by atoms with van der Waals surface area (Å²) < 4.78 is 5.61. The lowest BCUT2D eigenvalue weighted by Crippen LogP contribution is -2.20. The number of amides is 1. The molecule has 1 N–H and O–H groups in total. The van der Waals surface area contributed by atoms with E-state index in [0.29, 0.717) is 16.8 Å². The molecule has 1 amide bonds. The van der Waals surface area contributed by atoms with E-state index in [0.717, 1.165) is 5.56 Å². The molecule has 5 nitrogen and oxygen atoms in total. The van der Waals surface area contributed by atoms with Crippen molar-refractivity contribution in [3.63, 3.8) is 0 Å². The molecule has 29 heavy (non-hydrogen) atoms. The Bertz CT molecular complexity index is 1010. The normalized spacial score (nSPS) is 11.4. The maximum Gasteiger partial charge on any atom is 0.339 e. The maximum absolute atomic E-state index is 13.1. The number of benzene rings is 3. The summed E-state index contributed by atoms with van der Waals surface area (Å²) in [6.07, 6.45) is -1.05. The molecule has 5 heteroatoms. The standard InChI is InChI=1S/C24H21NO4/c1-16-8-10-18(11-9-16)22(27)23(19-6-4-3-5-7-19)29-24(28)20-12-14-21(15-13-20)25-17(2)26/h3-15,23H,1-2H3,(H,25,26)/t23-/m0/s1. The van der Waals surface area contributed by atoms with Crippen LogP contribution in [0.3, 0.4) is 0 Å². The van der Waals surface area contributed by atoms with Gasteiger partial charge in [0, 0.05) is 23.7 Å². The van der Waals surface area contributed by atoms with Crippen molar-refractivity contribution in [2.24, 2.45) is 0 Å². The summed E-state index contributed by atoms with van der Waals surface area (Å²) in [7, 11) is 0. The first-order valence-electron chi connectivity index (χ1n) is 9.18. The van der Waals surface area contributed by atoms with Crippen LogP contribution in [-0.4, -0.2) is 17.7 Å². The lowest BCUT2D eigenvalue weighted by molar-refractivity contribution is -0.114. The number of Topliss-reactive ketones (excluding diaryl/α,β-unsaturated/α-hetero) is 1. The summed E-state index contributed by atoms with van der Waals surface area (Å²) in [5.74, 6) is -1.11. The van der Waals surface area contributed by atoms with Crippen LogP contribution in [0.15, 0.2) is 78.9 Å². The third-order valence-electron chi connectivity index (χ3n) is 4.34. The molecule has 0 bridgehead atoms. The van der Waals surface area contributed by atoms with Crippen LogP contribution in [0, 0.1) is 6.92 Å². The second-order valence-electron chi connectivity index (χ2n) is 6.68. The van der Waals surface area contributed by atoms with Crippen LogP contribution >= 0.6 is 0 Å². The summed E-state index contributed by atoms with van der Waals surface area (Å²) in [5.41, 5.74) is 2.97. The molecular weight excluding hydrogens is 366 g/mol. The van der Waals surface area contributed by atoms with Gasteiger partial charge in [-0.1, -0.05) is 60.2 Å². The molecule has 0 heterocycles. The molecule has 3 aromatic carbocycles. The van der Waals surface area contributed by atoms with E-state index in [-0.39, 0.29) is 17.3 Å². The van der Waals surface area contributed by atoms with Crippen molar-refractivity contribution in [3.8, 4) is 0 Å². The van der Waals surface area contributed by atoms with Crippen LogP contribution in [0.5, 0.6) is 0 Å². The summed E-state index contributed by atoms with van der Waals surface area (Å²) >= 11 is 0. The predicted molar refractivity (Wildman–Crippen MR) is 111 cm³/mol. The van der Waals surface area contributed by atoms with E-state index in [1.165, 1.54) is 6.92 Å². The average Bonchev–Trinajstić information content (AvgIpc) is 2.72. The molecule has 146 valence electrons. The zero-order chi connectivity index (χ0) is 20.8. The number of hydrogen-bond acceptors (Lipinski definition) is 4. The number of ketones is 1. The van der Waals surface area contributed by atoms with Gasteiger partial charge in [-0.25, -0.2) is 4.79 Å². The van der Waals surface area contributed by atoms with Crippen LogP contribution in [0.1, 0.15) is 44.9 Å². The summed E-state index contributed by atoms with van der Waals surface area (Å²) in [6, 6.07) is 22.4. The molecule has 0 saturated heterocycles. The third-order valence-corrected chi connectivity index (χ3v) is 4.34. The third kappa shape index (κ3) is 5.17. The largest absolute Gasteiger partial charge is 0.445 e. The number of rotatable bonds is 6. The first kappa shape index (κ1) is 20.0. The summed E-state index contributed by atoms with van der Waals surface area (Å²) in [5, 5.41) is 2.64. The van der Waals surface area contributed by atoms with Gasteiger partial charge in [0.25, 0.3) is 0 Å². The Labute approximate surface area is 169 Å². The smallest absolute Gasteiger partial charge is 0.339 e. The highest BCUT2D eigenvalue weighted by molar-refractivity contribution is 6.02. The number of hydrogen-bond donors (Lipinski definition) is 1. The molecule has 0 radical (unpaired) electrons. The molecule has 3 aromatic rings. The topological polar surface area (TPSA) is 72.5 Å². The van der Waals surface area contributed by atoms with Gasteiger partial charge in [0.15, 0.2) is 6.10 Å². The maximum atomic E-state index is 13.1. The molecule has 0 fully saturated rings. The fourth-order valence-electron chi connectivity index (χ4n) is 2.84. The van der Waals surface area contributed by atoms with Gasteiger partial charge in [0.05, 0.1) is 5.56 Å². The van der Waals surface area contributed by atoms with Crippen LogP contribution < -0.4 is 5.32 Å². The van der Waals surface area contributed by atoms with Crippen molar-refractivity contribution < 1.29 is 19.1 Å². The van der Waals surface area contributed by atoms with Crippen molar-refractivity contribution in [2.75, 3.05) is 5.32 Å². The molecule has 0 aliphatic carbocycles. The molecule has 0 spiro atoms. The summed E-state index contributed by atoms with van der Waals surface area (Å²) in [4.78, 5) is 36.9. The zero-order valence-electron chi connectivity index (χ0n) is 16.2. The van der Waals surface area contributed by atoms with Gasteiger partial charge < -0.3 is 10.1 Å². The van der Waals surface area contributed by atoms with E-state index in [2.05, 4.69) is 5.32 Å². The highest BCUT2D eigenvalue weighted by Gasteiger charge is 2.26. The average molecular weight is 387 g/mol. The molecule has 0 saturated carbocycles. The van der Waals surface area contributed by atoms with Crippen LogP contribution in [0.4, 0.5) is 5.69 Å². The monoisotopic (exact) mass is 387 g/mol. The Kier molecular flexibility index (Phi) is 6.19.